The molecule has 132 valence electrons. The van der Waals surface area contributed by atoms with Crippen molar-refractivity contribution in [3.8, 4) is 0 Å². The van der Waals surface area contributed by atoms with Crippen molar-refractivity contribution in [3.63, 3.8) is 0 Å². The topological polar surface area (TPSA) is 58.6 Å². The molecular formula is C20H24N2O3. The summed E-state index contributed by atoms with van der Waals surface area (Å²) >= 11 is 0. The molecule has 1 aromatic rings. The molecule has 3 fully saturated rings. The highest BCUT2D eigenvalue weighted by Gasteiger charge is 2.42. The molecule has 1 N–H and O–H groups in total. The standard InChI is InChI=1S/C20H24N2O3/c23-18-7-6-15-16(18)2-1-3-17(15)20(24)21-13-8-14-11-25-19(12-4-5-12)10-22(14)9-13/h1-3,12-14,19H,4-11H2,(H,21,24)/t13-,14-,19-/m0/s1. The van der Waals surface area contributed by atoms with Crippen LogP contribution in [0.4, 0.5) is 0 Å². The molecule has 0 unspecified atom stereocenters. The van der Waals surface area contributed by atoms with E-state index >= 15 is 0 Å². The van der Waals surface area contributed by atoms with Crippen LogP contribution in [-0.2, 0) is 11.2 Å². The van der Waals surface area contributed by atoms with Crippen molar-refractivity contribution in [1.82, 2.24) is 10.2 Å². The third kappa shape index (κ3) is 2.79. The number of nitrogens with zero attached hydrogens (tertiary/aromatic N) is 1. The molecule has 5 rings (SSSR count). The number of rotatable bonds is 3. The summed E-state index contributed by atoms with van der Waals surface area (Å²) in [5.74, 6) is 0.890. The number of Topliss-reactive ketones (excluding diaryl/α,β-unsaturated/α-hetero) is 1. The highest BCUT2D eigenvalue weighted by Crippen LogP contribution is 2.38. The summed E-state index contributed by atoms with van der Waals surface area (Å²) in [6.07, 6.45) is 5.18. The average Bonchev–Trinajstić information content (AvgIpc) is 3.29. The maximum atomic E-state index is 12.8. The fraction of sp³-hybridized carbons (Fsp3) is 0.600. The predicted octanol–water partition coefficient (Wildman–Crippen LogP) is 1.80. The van der Waals surface area contributed by atoms with Crippen molar-refractivity contribution < 1.29 is 14.3 Å². The number of fused-ring (bicyclic) bond motifs is 2. The Balaban J connectivity index is 1.26. The van der Waals surface area contributed by atoms with E-state index in [2.05, 4.69) is 10.2 Å². The van der Waals surface area contributed by atoms with Gasteiger partial charge in [-0.05, 0) is 43.2 Å². The summed E-state index contributed by atoms with van der Waals surface area (Å²) < 4.78 is 6.03. The molecule has 2 heterocycles. The van der Waals surface area contributed by atoms with Gasteiger partial charge < -0.3 is 10.1 Å². The molecule has 5 nitrogen and oxygen atoms in total. The van der Waals surface area contributed by atoms with Gasteiger partial charge in [-0.1, -0.05) is 12.1 Å². The summed E-state index contributed by atoms with van der Waals surface area (Å²) in [5, 5.41) is 3.21. The maximum absolute atomic E-state index is 12.8. The lowest BCUT2D eigenvalue weighted by Crippen LogP contribution is -2.47. The van der Waals surface area contributed by atoms with Crippen LogP contribution in [0, 0.1) is 5.92 Å². The number of carbonyl (C=O) groups excluding carboxylic acids is 2. The zero-order valence-corrected chi connectivity index (χ0v) is 14.4. The Labute approximate surface area is 147 Å². The molecule has 2 aliphatic carbocycles. The van der Waals surface area contributed by atoms with Gasteiger partial charge in [0.05, 0.1) is 12.7 Å². The van der Waals surface area contributed by atoms with E-state index in [1.807, 2.05) is 18.2 Å². The van der Waals surface area contributed by atoms with E-state index in [-0.39, 0.29) is 17.7 Å². The van der Waals surface area contributed by atoms with Crippen LogP contribution in [0.3, 0.4) is 0 Å². The second-order valence-electron chi connectivity index (χ2n) is 7.98. The van der Waals surface area contributed by atoms with Crippen LogP contribution in [-0.4, -0.2) is 54.5 Å². The first-order valence-corrected chi connectivity index (χ1v) is 9.50. The molecule has 1 saturated carbocycles. The monoisotopic (exact) mass is 340 g/mol. The Morgan fingerprint density at radius 2 is 2.08 bits per heavy atom. The minimum Gasteiger partial charge on any atom is -0.375 e. The molecule has 2 aliphatic heterocycles. The van der Waals surface area contributed by atoms with Gasteiger partial charge in [0.2, 0.25) is 0 Å². The lowest BCUT2D eigenvalue weighted by atomic mass is 10.0. The largest absolute Gasteiger partial charge is 0.375 e. The maximum Gasteiger partial charge on any atom is 0.251 e. The smallest absolute Gasteiger partial charge is 0.251 e. The van der Waals surface area contributed by atoms with Gasteiger partial charge in [-0.3, -0.25) is 14.5 Å². The van der Waals surface area contributed by atoms with Crippen molar-refractivity contribution in [1.29, 1.82) is 0 Å². The Bertz CT molecular complexity index is 728. The van der Waals surface area contributed by atoms with Gasteiger partial charge in [-0.2, -0.15) is 0 Å². The Kier molecular flexibility index (Phi) is 3.68. The lowest BCUT2D eigenvalue weighted by molar-refractivity contribution is -0.0581. The highest BCUT2D eigenvalue weighted by atomic mass is 16.5. The van der Waals surface area contributed by atoms with Crippen LogP contribution in [0.1, 0.15) is 52.0 Å². The molecule has 1 aromatic carbocycles. The third-order valence-electron chi connectivity index (χ3n) is 6.25. The van der Waals surface area contributed by atoms with Crippen molar-refractivity contribution in [2.24, 2.45) is 5.92 Å². The molecule has 0 aromatic heterocycles. The van der Waals surface area contributed by atoms with Crippen LogP contribution in [0.5, 0.6) is 0 Å². The van der Waals surface area contributed by atoms with E-state index in [9.17, 15) is 9.59 Å². The molecule has 0 radical (unpaired) electrons. The molecule has 0 spiro atoms. The molecule has 25 heavy (non-hydrogen) atoms. The highest BCUT2D eigenvalue weighted by molar-refractivity contribution is 6.05. The summed E-state index contributed by atoms with van der Waals surface area (Å²) in [4.78, 5) is 27.2. The minimum absolute atomic E-state index is 0.0314. The molecule has 4 aliphatic rings. The van der Waals surface area contributed by atoms with E-state index in [4.69, 9.17) is 4.74 Å². The second kappa shape index (κ2) is 5.92. The fourth-order valence-electron chi connectivity index (χ4n) is 4.72. The summed E-state index contributed by atoms with van der Waals surface area (Å²) in [5.41, 5.74) is 2.34. The van der Waals surface area contributed by atoms with Gasteiger partial charge in [0.1, 0.15) is 0 Å². The zero-order chi connectivity index (χ0) is 17.0. The van der Waals surface area contributed by atoms with Crippen molar-refractivity contribution in [2.75, 3.05) is 19.7 Å². The lowest BCUT2D eigenvalue weighted by Gasteiger charge is -2.35. The normalized spacial score (nSPS) is 31.7. The van der Waals surface area contributed by atoms with E-state index in [1.54, 1.807) is 0 Å². The number of benzene rings is 1. The Morgan fingerprint density at radius 1 is 1.20 bits per heavy atom. The van der Waals surface area contributed by atoms with E-state index < -0.39 is 0 Å². The van der Waals surface area contributed by atoms with Crippen LogP contribution in [0.2, 0.25) is 0 Å². The van der Waals surface area contributed by atoms with Gasteiger partial charge in [0.25, 0.3) is 5.91 Å². The fourth-order valence-corrected chi connectivity index (χ4v) is 4.72. The number of morpholine rings is 1. The molecule has 3 atom stereocenters. The van der Waals surface area contributed by atoms with Crippen LogP contribution in [0.15, 0.2) is 18.2 Å². The number of nitrogens with one attached hydrogen (secondary N) is 1. The molecule has 5 heteroatoms. The number of hydrogen-bond donors (Lipinski definition) is 1. The van der Waals surface area contributed by atoms with Crippen LogP contribution >= 0.6 is 0 Å². The van der Waals surface area contributed by atoms with Crippen molar-refractivity contribution >= 4 is 11.7 Å². The molecule has 1 amide bonds. The number of ether oxygens (including phenoxy) is 1. The van der Waals surface area contributed by atoms with Gasteiger partial charge in [-0.25, -0.2) is 0 Å². The van der Waals surface area contributed by atoms with Crippen molar-refractivity contribution in [3.05, 3.63) is 34.9 Å². The average molecular weight is 340 g/mol. The van der Waals surface area contributed by atoms with E-state index in [1.165, 1.54) is 12.8 Å². The van der Waals surface area contributed by atoms with E-state index in [0.29, 0.717) is 30.6 Å². The number of ketones is 1. The Morgan fingerprint density at radius 3 is 2.92 bits per heavy atom. The number of amides is 1. The van der Waals surface area contributed by atoms with Gasteiger partial charge in [0.15, 0.2) is 5.78 Å². The number of carbonyl (C=O) groups is 2. The SMILES string of the molecule is O=C1CCc2c1cccc2C(=O)N[C@H]1C[C@H]2CO[C@H](C3CC3)CN2C1. The van der Waals surface area contributed by atoms with E-state index in [0.717, 1.165) is 43.2 Å². The summed E-state index contributed by atoms with van der Waals surface area (Å²) in [6, 6.07) is 6.12. The first-order valence-electron chi connectivity index (χ1n) is 9.50. The Hall–Kier alpha value is -1.72. The number of hydrogen-bond acceptors (Lipinski definition) is 4. The summed E-state index contributed by atoms with van der Waals surface area (Å²) in [6.45, 7) is 2.72. The summed E-state index contributed by atoms with van der Waals surface area (Å²) in [7, 11) is 0. The van der Waals surface area contributed by atoms with Gasteiger partial charge >= 0.3 is 0 Å². The minimum atomic E-state index is -0.0314. The molecule has 2 saturated heterocycles. The molecule has 0 bridgehead atoms. The van der Waals surface area contributed by atoms with Gasteiger partial charge in [-0.15, -0.1) is 0 Å². The predicted molar refractivity (Wildman–Crippen MR) is 92.8 cm³/mol. The molecular weight excluding hydrogens is 316 g/mol. The third-order valence-corrected chi connectivity index (χ3v) is 6.25. The second-order valence-corrected chi connectivity index (χ2v) is 7.98. The van der Waals surface area contributed by atoms with Crippen LogP contribution in [0.25, 0.3) is 0 Å². The first kappa shape index (κ1) is 15.5. The van der Waals surface area contributed by atoms with Gasteiger partial charge in [0, 0.05) is 42.7 Å². The first-order chi connectivity index (χ1) is 12.2. The van der Waals surface area contributed by atoms with Crippen LogP contribution < -0.4 is 5.32 Å². The zero-order valence-electron chi connectivity index (χ0n) is 14.4. The quantitative estimate of drug-likeness (QED) is 0.911. The van der Waals surface area contributed by atoms with Crippen molar-refractivity contribution in [2.45, 2.75) is 50.3 Å².